The van der Waals surface area contributed by atoms with Crippen molar-refractivity contribution >= 4 is 5.69 Å². The van der Waals surface area contributed by atoms with E-state index in [-0.39, 0.29) is 0 Å². The van der Waals surface area contributed by atoms with Crippen molar-refractivity contribution in [2.45, 2.75) is 38.7 Å². The molecule has 1 aliphatic carbocycles. The molecular weight excluding hydrogens is 200 g/mol. The van der Waals surface area contributed by atoms with E-state index in [1.807, 2.05) is 26.5 Å². The molecule has 1 heterocycles. The topological polar surface area (TPSA) is 25.4 Å². The summed E-state index contributed by atoms with van der Waals surface area (Å²) in [4.78, 5) is 6.36. The molecule has 0 aromatic carbocycles. The molecule has 1 aliphatic rings. The average Bonchev–Trinajstić information content (AvgIpc) is 3.01. The van der Waals surface area contributed by atoms with Crippen molar-refractivity contribution in [3.05, 3.63) is 18.0 Å². The maximum absolute atomic E-state index is 6.03. The Balaban J connectivity index is 2.38. The second-order valence-electron chi connectivity index (χ2n) is 4.94. The Bertz CT molecular complexity index is 344. The molecule has 0 bridgehead atoms. The van der Waals surface area contributed by atoms with Gasteiger partial charge in [-0.15, -0.1) is 0 Å². The highest BCUT2D eigenvalue weighted by Crippen LogP contribution is 2.38. The molecule has 1 aromatic rings. The Labute approximate surface area is 97.4 Å². The predicted molar refractivity (Wildman–Crippen MR) is 66.3 cm³/mol. The Hall–Kier alpha value is -1.25. The van der Waals surface area contributed by atoms with Crippen LogP contribution in [0, 0.1) is 0 Å². The second-order valence-corrected chi connectivity index (χ2v) is 4.94. The highest BCUT2D eigenvalue weighted by molar-refractivity contribution is 5.60. The van der Waals surface area contributed by atoms with Gasteiger partial charge in [-0.25, -0.2) is 0 Å². The number of rotatable bonds is 4. The van der Waals surface area contributed by atoms with Gasteiger partial charge in [0, 0.05) is 25.9 Å². The first kappa shape index (κ1) is 11.2. The minimum atomic E-state index is 0.429. The Morgan fingerprint density at radius 2 is 2.00 bits per heavy atom. The molecule has 0 aliphatic heterocycles. The molecule has 2 rings (SSSR count). The first-order valence-corrected chi connectivity index (χ1v) is 5.91. The van der Waals surface area contributed by atoms with Crippen LogP contribution < -0.4 is 9.64 Å². The van der Waals surface area contributed by atoms with Crippen molar-refractivity contribution in [2.24, 2.45) is 0 Å². The lowest BCUT2D eigenvalue weighted by Gasteiger charge is -2.21. The van der Waals surface area contributed by atoms with Gasteiger partial charge < -0.3 is 9.64 Å². The van der Waals surface area contributed by atoms with E-state index in [0.717, 1.165) is 11.4 Å². The van der Waals surface area contributed by atoms with E-state index in [1.165, 1.54) is 18.4 Å². The molecule has 3 nitrogen and oxygen atoms in total. The summed E-state index contributed by atoms with van der Waals surface area (Å²) in [7, 11) is 4.06. The van der Waals surface area contributed by atoms with Crippen LogP contribution in [0.3, 0.4) is 0 Å². The van der Waals surface area contributed by atoms with Gasteiger partial charge in [0.25, 0.3) is 0 Å². The van der Waals surface area contributed by atoms with Gasteiger partial charge in [0.15, 0.2) is 0 Å². The Morgan fingerprint density at radius 3 is 2.50 bits per heavy atom. The molecule has 0 saturated heterocycles. The number of hydrogen-bond donors (Lipinski definition) is 0. The second kappa shape index (κ2) is 4.32. The number of aromatic nitrogens is 1. The van der Waals surface area contributed by atoms with Crippen molar-refractivity contribution in [3.8, 4) is 5.75 Å². The van der Waals surface area contributed by atoms with Crippen LogP contribution in [0.2, 0.25) is 0 Å². The molecule has 0 unspecified atom stereocenters. The van der Waals surface area contributed by atoms with Crippen molar-refractivity contribution in [1.29, 1.82) is 0 Å². The van der Waals surface area contributed by atoms with E-state index in [4.69, 9.17) is 4.74 Å². The van der Waals surface area contributed by atoms with Gasteiger partial charge in [0.2, 0.25) is 0 Å². The highest BCUT2D eigenvalue weighted by Gasteiger charge is 2.27. The smallest absolute Gasteiger partial charge is 0.149 e. The monoisotopic (exact) mass is 220 g/mol. The summed E-state index contributed by atoms with van der Waals surface area (Å²) in [5.74, 6) is 1.47. The highest BCUT2D eigenvalue weighted by atomic mass is 16.5. The van der Waals surface area contributed by atoms with Crippen LogP contribution in [-0.2, 0) is 0 Å². The van der Waals surface area contributed by atoms with E-state index < -0.39 is 0 Å². The largest absolute Gasteiger partial charge is 0.488 e. The van der Waals surface area contributed by atoms with E-state index in [1.54, 1.807) is 0 Å². The summed E-state index contributed by atoms with van der Waals surface area (Å²) in [5, 5.41) is 0. The van der Waals surface area contributed by atoms with Crippen LogP contribution in [0.25, 0.3) is 0 Å². The standard InChI is InChI=1S/C13H20N2O/c1-9(2)11-7-14-8-12(15(3)4)13(11)16-10-5-6-10/h7-10H,5-6H2,1-4H3. The Kier molecular flexibility index (Phi) is 3.03. The minimum absolute atomic E-state index is 0.429. The van der Waals surface area contributed by atoms with Gasteiger partial charge in [0.05, 0.1) is 18.0 Å². The lowest BCUT2D eigenvalue weighted by Crippen LogP contribution is -2.13. The zero-order valence-corrected chi connectivity index (χ0v) is 10.5. The van der Waals surface area contributed by atoms with Gasteiger partial charge in [0.1, 0.15) is 5.75 Å². The van der Waals surface area contributed by atoms with Crippen molar-refractivity contribution in [1.82, 2.24) is 4.98 Å². The lowest BCUT2D eigenvalue weighted by molar-refractivity contribution is 0.299. The average molecular weight is 220 g/mol. The quantitative estimate of drug-likeness (QED) is 0.780. The van der Waals surface area contributed by atoms with Crippen LogP contribution in [-0.4, -0.2) is 25.2 Å². The molecule has 0 radical (unpaired) electrons. The maximum atomic E-state index is 6.03. The van der Waals surface area contributed by atoms with Crippen molar-refractivity contribution in [2.75, 3.05) is 19.0 Å². The summed E-state index contributed by atoms with van der Waals surface area (Å²) >= 11 is 0. The fraction of sp³-hybridized carbons (Fsp3) is 0.615. The zero-order valence-electron chi connectivity index (χ0n) is 10.5. The van der Waals surface area contributed by atoms with Gasteiger partial charge in [-0.3, -0.25) is 4.98 Å². The molecule has 0 spiro atoms. The van der Waals surface area contributed by atoms with Crippen LogP contribution in [0.4, 0.5) is 5.69 Å². The lowest BCUT2D eigenvalue weighted by atomic mass is 10.0. The van der Waals surface area contributed by atoms with Gasteiger partial charge in [-0.1, -0.05) is 13.8 Å². The van der Waals surface area contributed by atoms with E-state index in [0.29, 0.717) is 12.0 Å². The van der Waals surface area contributed by atoms with E-state index >= 15 is 0 Å². The predicted octanol–water partition coefficient (Wildman–Crippen LogP) is 2.81. The number of anilines is 1. The van der Waals surface area contributed by atoms with Crippen LogP contribution in [0.1, 0.15) is 38.2 Å². The van der Waals surface area contributed by atoms with Crippen LogP contribution >= 0.6 is 0 Å². The summed E-state index contributed by atoms with van der Waals surface area (Å²) in [6.07, 6.45) is 6.61. The summed E-state index contributed by atoms with van der Waals surface area (Å²) in [6, 6.07) is 0. The summed E-state index contributed by atoms with van der Waals surface area (Å²) < 4.78 is 6.03. The van der Waals surface area contributed by atoms with E-state index in [2.05, 4.69) is 23.7 Å². The third-order valence-corrected chi connectivity index (χ3v) is 2.82. The van der Waals surface area contributed by atoms with Gasteiger partial charge in [-0.2, -0.15) is 0 Å². The SMILES string of the molecule is CC(C)c1cncc(N(C)C)c1OC1CC1. The van der Waals surface area contributed by atoms with Crippen LogP contribution in [0.5, 0.6) is 5.75 Å². The van der Waals surface area contributed by atoms with Crippen molar-refractivity contribution in [3.63, 3.8) is 0 Å². The molecule has 0 N–H and O–H groups in total. The summed E-state index contributed by atoms with van der Waals surface area (Å²) in [5.41, 5.74) is 2.29. The fourth-order valence-electron chi connectivity index (χ4n) is 1.66. The third-order valence-electron chi connectivity index (χ3n) is 2.82. The number of pyridine rings is 1. The molecule has 88 valence electrons. The van der Waals surface area contributed by atoms with E-state index in [9.17, 15) is 0 Å². The third kappa shape index (κ3) is 2.29. The molecule has 1 fully saturated rings. The number of nitrogens with zero attached hydrogens (tertiary/aromatic N) is 2. The molecule has 3 heteroatoms. The molecule has 0 amide bonds. The van der Waals surface area contributed by atoms with Gasteiger partial charge in [-0.05, 0) is 18.8 Å². The molecular formula is C13H20N2O. The minimum Gasteiger partial charge on any atom is -0.488 e. The fourth-order valence-corrected chi connectivity index (χ4v) is 1.66. The number of ether oxygens (including phenoxy) is 1. The molecule has 1 aromatic heterocycles. The molecule has 1 saturated carbocycles. The Morgan fingerprint density at radius 1 is 1.31 bits per heavy atom. The number of hydrogen-bond acceptors (Lipinski definition) is 3. The summed E-state index contributed by atoms with van der Waals surface area (Å²) in [6.45, 7) is 4.35. The van der Waals surface area contributed by atoms with Crippen LogP contribution in [0.15, 0.2) is 12.4 Å². The first-order chi connectivity index (χ1) is 7.59. The zero-order chi connectivity index (χ0) is 11.7. The van der Waals surface area contributed by atoms with Gasteiger partial charge >= 0.3 is 0 Å². The molecule has 16 heavy (non-hydrogen) atoms. The first-order valence-electron chi connectivity index (χ1n) is 5.91. The molecule has 0 atom stereocenters. The normalized spacial score (nSPS) is 15.3. The van der Waals surface area contributed by atoms with Crippen molar-refractivity contribution < 1.29 is 4.74 Å². The maximum Gasteiger partial charge on any atom is 0.149 e.